The summed E-state index contributed by atoms with van der Waals surface area (Å²) in [7, 11) is 1.87. The minimum Gasteiger partial charge on any atom is -0.368 e. The van der Waals surface area contributed by atoms with Crippen molar-refractivity contribution in [1.29, 1.82) is 0 Å². The largest absolute Gasteiger partial charge is 0.368 e. The number of guanidine groups is 1. The number of hydrogen-bond acceptors (Lipinski definition) is 3. The number of hydrogen-bond donors (Lipinski definition) is 3. The van der Waals surface area contributed by atoms with E-state index < -0.39 is 0 Å². The van der Waals surface area contributed by atoms with Crippen molar-refractivity contribution < 1.29 is 5.21 Å². The van der Waals surface area contributed by atoms with Crippen LogP contribution in [0.4, 0.5) is 0 Å². The molecule has 1 aromatic heterocycles. The minimum atomic E-state index is 0.0298. The van der Waals surface area contributed by atoms with Gasteiger partial charge in [-0.25, -0.2) is 5.48 Å². The van der Waals surface area contributed by atoms with Crippen molar-refractivity contribution in [3.63, 3.8) is 0 Å². The van der Waals surface area contributed by atoms with Crippen LogP contribution >= 0.6 is 0 Å². The molecule has 0 bridgehead atoms. The van der Waals surface area contributed by atoms with E-state index >= 15 is 0 Å². The van der Waals surface area contributed by atoms with E-state index in [4.69, 9.17) is 10.9 Å². The maximum Gasteiger partial charge on any atom is 0.212 e. The van der Waals surface area contributed by atoms with Crippen LogP contribution in [0.2, 0.25) is 0 Å². The summed E-state index contributed by atoms with van der Waals surface area (Å²) >= 11 is 0. The van der Waals surface area contributed by atoms with Gasteiger partial charge < -0.3 is 5.73 Å². The first-order valence-electron chi connectivity index (χ1n) is 3.91. The molecule has 0 radical (unpaired) electrons. The quantitative estimate of drug-likeness (QED) is 0.327. The normalized spacial score (nSPS) is 11.7. The van der Waals surface area contributed by atoms with Gasteiger partial charge in [-0.1, -0.05) is 0 Å². The molecule has 0 unspecified atom stereocenters. The zero-order valence-corrected chi connectivity index (χ0v) is 7.44. The molecule has 6 nitrogen and oxygen atoms in total. The summed E-state index contributed by atoms with van der Waals surface area (Å²) in [6.07, 6.45) is 2.48. The zero-order valence-electron chi connectivity index (χ0n) is 7.44. The predicted molar refractivity (Wildman–Crippen MR) is 48.3 cm³/mol. The second kappa shape index (κ2) is 4.46. The van der Waals surface area contributed by atoms with Crippen molar-refractivity contribution in [2.24, 2.45) is 17.8 Å². The van der Waals surface area contributed by atoms with E-state index in [-0.39, 0.29) is 5.96 Å². The predicted octanol–water partition coefficient (Wildman–Crippen LogP) is -0.744. The van der Waals surface area contributed by atoms with E-state index in [9.17, 15) is 0 Å². The first kappa shape index (κ1) is 9.53. The Morgan fingerprint density at radius 3 is 3.15 bits per heavy atom. The maximum absolute atomic E-state index is 8.32. The van der Waals surface area contributed by atoms with Crippen LogP contribution in [0.1, 0.15) is 5.69 Å². The highest BCUT2D eigenvalue weighted by atomic mass is 16.5. The summed E-state index contributed by atoms with van der Waals surface area (Å²) in [5.74, 6) is 0.0298. The van der Waals surface area contributed by atoms with E-state index in [0.29, 0.717) is 6.54 Å². The van der Waals surface area contributed by atoms with Crippen LogP contribution < -0.4 is 11.2 Å². The third-order valence-corrected chi connectivity index (χ3v) is 1.69. The average molecular weight is 183 g/mol. The molecule has 0 atom stereocenters. The molecule has 6 heteroatoms. The second-order valence-corrected chi connectivity index (χ2v) is 2.57. The fourth-order valence-electron chi connectivity index (χ4n) is 0.973. The topological polar surface area (TPSA) is 88.5 Å². The highest BCUT2D eigenvalue weighted by Gasteiger charge is 1.96. The lowest BCUT2D eigenvalue weighted by Gasteiger charge is -1.99. The van der Waals surface area contributed by atoms with E-state index in [2.05, 4.69) is 10.1 Å². The number of nitrogens with zero attached hydrogens (tertiary/aromatic N) is 3. The van der Waals surface area contributed by atoms with Gasteiger partial charge >= 0.3 is 0 Å². The minimum absolute atomic E-state index is 0.0298. The van der Waals surface area contributed by atoms with Gasteiger partial charge in [-0.15, -0.1) is 0 Å². The number of aliphatic imine (C=N–C) groups is 1. The molecule has 0 aliphatic rings. The summed E-state index contributed by atoms with van der Waals surface area (Å²) in [6.45, 7) is 0.527. The molecule has 0 spiro atoms. The fraction of sp³-hybridized carbons (Fsp3) is 0.429. The number of aromatic nitrogens is 2. The number of hydroxylamine groups is 1. The summed E-state index contributed by atoms with van der Waals surface area (Å²) in [5.41, 5.74) is 8.06. The maximum atomic E-state index is 8.32. The van der Waals surface area contributed by atoms with Gasteiger partial charge in [-0.05, 0) is 6.07 Å². The Balaban J connectivity index is 2.40. The molecule has 4 N–H and O–H groups in total. The molecular formula is C7H13N5O. The van der Waals surface area contributed by atoms with Gasteiger partial charge in [0, 0.05) is 31.9 Å². The van der Waals surface area contributed by atoms with Crippen molar-refractivity contribution in [3.05, 3.63) is 18.0 Å². The van der Waals surface area contributed by atoms with E-state index in [1.165, 1.54) is 0 Å². The lowest BCUT2D eigenvalue weighted by molar-refractivity contribution is 0.232. The Labute approximate surface area is 76.0 Å². The molecule has 0 saturated heterocycles. The first-order chi connectivity index (χ1) is 6.24. The Hall–Kier alpha value is -1.56. The highest BCUT2D eigenvalue weighted by molar-refractivity contribution is 5.76. The third kappa shape index (κ3) is 2.75. The van der Waals surface area contributed by atoms with Crippen LogP contribution in [0.3, 0.4) is 0 Å². The van der Waals surface area contributed by atoms with Crippen molar-refractivity contribution in [1.82, 2.24) is 15.3 Å². The van der Waals surface area contributed by atoms with E-state index in [1.807, 2.05) is 13.1 Å². The van der Waals surface area contributed by atoms with Gasteiger partial charge in [0.25, 0.3) is 0 Å². The molecule has 0 aliphatic carbocycles. The molecule has 1 aromatic rings. The molecule has 0 aromatic carbocycles. The molecule has 0 aliphatic heterocycles. The Morgan fingerprint density at radius 2 is 2.62 bits per heavy atom. The fourth-order valence-corrected chi connectivity index (χ4v) is 0.973. The van der Waals surface area contributed by atoms with Crippen LogP contribution in [0, 0.1) is 0 Å². The number of aryl methyl sites for hydroxylation is 1. The highest BCUT2D eigenvalue weighted by Crippen LogP contribution is 1.96. The second-order valence-electron chi connectivity index (χ2n) is 2.57. The van der Waals surface area contributed by atoms with Crippen molar-refractivity contribution in [2.75, 3.05) is 6.54 Å². The lowest BCUT2D eigenvalue weighted by Crippen LogP contribution is -2.28. The molecule has 72 valence electrons. The SMILES string of the molecule is Cn1nccc1CCN=C(N)NO. The smallest absolute Gasteiger partial charge is 0.212 e. The van der Waals surface area contributed by atoms with E-state index in [1.54, 1.807) is 16.4 Å². The van der Waals surface area contributed by atoms with Crippen LogP contribution in [0.25, 0.3) is 0 Å². The van der Waals surface area contributed by atoms with Crippen molar-refractivity contribution in [3.8, 4) is 0 Å². The molecule has 1 rings (SSSR count). The standard InChI is InChI=1S/C7H13N5O/c1-12-6(3-5-10-12)2-4-9-7(8)11-13/h3,5,13H,2,4H2,1H3,(H3,8,9,11). The van der Waals surface area contributed by atoms with Crippen molar-refractivity contribution >= 4 is 5.96 Å². The molecule has 0 amide bonds. The van der Waals surface area contributed by atoms with Crippen LogP contribution in [-0.2, 0) is 13.5 Å². The summed E-state index contributed by atoms with van der Waals surface area (Å²) in [4.78, 5) is 3.85. The summed E-state index contributed by atoms with van der Waals surface area (Å²) in [6, 6.07) is 1.91. The van der Waals surface area contributed by atoms with E-state index in [0.717, 1.165) is 12.1 Å². The van der Waals surface area contributed by atoms with Crippen LogP contribution in [0.15, 0.2) is 17.3 Å². The van der Waals surface area contributed by atoms with Gasteiger partial charge in [-0.3, -0.25) is 14.9 Å². The summed E-state index contributed by atoms with van der Waals surface area (Å²) < 4.78 is 1.78. The van der Waals surface area contributed by atoms with Crippen molar-refractivity contribution in [2.45, 2.75) is 6.42 Å². The summed E-state index contributed by atoms with van der Waals surface area (Å²) in [5, 5.41) is 12.3. The Morgan fingerprint density at radius 1 is 1.85 bits per heavy atom. The van der Waals surface area contributed by atoms with Gasteiger partial charge in [-0.2, -0.15) is 5.10 Å². The van der Waals surface area contributed by atoms with Crippen LogP contribution in [-0.4, -0.2) is 27.5 Å². The monoisotopic (exact) mass is 183 g/mol. The number of rotatable bonds is 3. The first-order valence-corrected chi connectivity index (χ1v) is 3.91. The number of nitrogens with two attached hydrogens (primary N) is 1. The number of nitrogens with one attached hydrogen (secondary N) is 1. The van der Waals surface area contributed by atoms with Gasteiger partial charge in [0.05, 0.1) is 0 Å². The molecule has 0 saturated carbocycles. The third-order valence-electron chi connectivity index (χ3n) is 1.69. The van der Waals surface area contributed by atoms with Gasteiger partial charge in [0.15, 0.2) is 0 Å². The molecule has 0 fully saturated rings. The molecular weight excluding hydrogens is 170 g/mol. The average Bonchev–Trinajstić information content (AvgIpc) is 2.52. The lowest BCUT2D eigenvalue weighted by atomic mass is 10.3. The van der Waals surface area contributed by atoms with Crippen LogP contribution in [0.5, 0.6) is 0 Å². The Kier molecular flexibility index (Phi) is 3.27. The molecule has 13 heavy (non-hydrogen) atoms. The molecule has 1 heterocycles. The van der Waals surface area contributed by atoms with Gasteiger partial charge in [0.2, 0.25) is 5.96 Å². The Bertz CT molecular complexity index is 293. The van der Waals surface area contributed by atoms with Gasteiger partial charge in [0.1, 0.15) is 0 Å². The zero-order chi connectivity index (χ0) is 9.68.